The van der Waals surface area contributed by atoms with Crippen molar-refractivity contribution < 1.29 is 14.6 Å². The van der Waals surface area contributed by atoms with Gasteiger partial charge in [-0.25, -0.2) is 0 Å². The zero-order valence-corrected chi connectivity index (χ0v) is 11.7. The molecule has 1 saturated heterocycles. The fraction of sp³-hybridized carbons (Fsp3) is 0.600. The van der Waals surface area contributed by atoms with Crippen LogP contribution in [0.15, 0.2) is 24.3 Å². The van der Waals surface area contributed by atoms with Gasteiger partial charge in [0.1, 0.15) is 6.61 Å². The predicted molar refractivity (Wildman–Crippen MR) is 74.7 cm³/mol. The first kappa shape index (κ1) is 14.2. The molecule has 1 heterocycles. The Bertz CT molecular complexity index is 397. The van der Waals surface area contributed by atoms with E-state index in [0.29, 0.717) is 12.5 Å². The highest BCUT2D eigenvalue weighted by Gasteiger charge is 2.23. The smallest absolute Gasteiger partial charge is 0.161 e. The van der Waals surface area contributed by atoms with Crippen LogP contribution in [0.5, 0.6) is 11.5 Å². The van der Waals surface area contributed by atoms with Crippen LogP contribution in [0.2, 0.25) is 0 Å². The Kier molecular flexibility index (Phi) is 5.05. The maximum atomic E-state index is 9.69. The summed E-state index contributed by atoms with van der Waals surface area (Å²) in [6.07, 6.45) is 0.710. The summed E-state index contributed by atoms with van der Waals surface area (Å²) in [5, 5.41) is 9.69. The van der Waals surface area contributed by atoms with Crippen molar-refractivity contribution in [3.05, 3.63) is 24.3 Å². The number of likely N-dealkylation sites (tertiary alicyclic amines) is 1. The van der Waals surface area contributed by atoms with Crippen LogP contribution in [0.4, 0.5) is 0 Å². The first-order valence-electron chi connectivity index (χ1n) is 6.87. The molecule has 4 nitrogen and oxygen atoms in total. The number of rotatable bonds is 5. The molecular formula is C15H23NO3. The monoisotopic (exact) mass is 265 g/mol. The molecule has 2 rings (SSSR count). The van der Waals surface area contributed by atoms with Crippen molar-refractivity contribution in [1.29, 1.82) is 0 Å². The predicted octanol–water partition coefficient (Wildman–Crippen LogP) is 1.78. The van der Waals surface area contributed by atoms with Crippen molar-refractivity contribution in [1.82, 2.24) is 4.90 Å². The standard InChI is InChI=1S/C15H23NO3/c1-12-11-16(8-7-13(12)17)9-10-19-15-6-4-3-5-14(15)18-2/h3-6,12-13,17H,7-11H2,1-2H3. The van der Waals surface area contributed by atoms with E-state index >= 15 is 0 Å². The maximum Gasteiger partial charge on any atom is 0.161 e. The summed E-state index contributed by atoms with van der Waals surface area (Å²) >= 11 is 0. The van der Waals surface area contributed by atoms with E-state index in [9.17, 15) is 5.11 Å². The van der Waals surface area contributed by atoms with E-state index in [1.54, 1.807) is 7.11 Å². The maximum absolute atomic E-state index is 9.69. The average molecular weight is 265 g/mol. The quantitative estimate of drug-likeness (QED) is 0.881. The van der Waals surface area contributed by atoms with E-state index in [1.165, 1.54) is 0 Å². The van der Waals surface area contributed by atoms with Crippen LogP contribution in [0.25, 0.3) is 0 Å². The molecule has 0 aliphatic carbocycles. The zero-order chi connectivity index (χ0) is 13.7. The summed E-state index contributed by atoms with van der Waals surface area (Å²) in [4.78, 5) is 2.34. The average Bonchev–Trinajstić information content (AvgIpc) is 2.43. The van der Waals surface area contributed by atoms with Crippen LogP contribution in [-0.2, 0) is 0 Å². The molecule has 19 heavy (non-hydrogen) atoms. The largest absolute Gasteiger partial charge is 0.493 e. The SMILES string of the molecule is COc1ccccc1OCCN1CCC(O)C(C)C1. The lowest BCUT2D eigenvalue weighted by molar-refractivity contribution is 0.0303. The lowest BCUT2D eigenvalue weighted by Crippen LogP contribution is -2.43. The van der Waals surface area contributed by atoms with E-state index in [1.807, 2.05) is 24.3 Å². The van der Waals surface area contributed by atoms with E-state index in [0.717, 1.165) is 37.6 Å². The molecule has 1 aromatic carbocycles. The van der Waals surface area contributed by atoms with Crippen LogP contribution in [0.3, 0.4) is 0 Å². The van der Waals surface area contributed by atoms with E-state index in [-0.39, 0.29) is 6.10 Å². The number of benzene rings is 1. The fourth-order valence-corrected chi connectivity index (χ4v) is 2.45. The van der Waals surface area contributed by atoms with Gasteiger partial charge < -0.3 is 14.6 Å². The van der Waals surface area contributed by atoms with Gasteiger partial charge in [0, 0.05) is 19.6 Å². The number of hydrogen-bond acceptors (Lipinski definition) is 4. The molecule has 0 aromatic heterocycles. The molecule has 2 atom stereocenters. The van der Waals surface area contributed by atoms with Crippen LogP contribution in [0, 0.1) is 5.92 Å². The second kappa shape index (κ2) is 6.78. The molecule has 0 spiro atoms. The number of hydrogen-bond donors (Lipinski definition) is 1. The van der Waals surface area contributed by atoms with Crippen LogP contribution in [-0.4, -0.2) is 49.5 Å². The van der Waals surface area contributed by atoms with Crippen molar-refractivity contribution in [3.8, 4) is 11.5 Å². The van der Waals surface area contributed by atoms with Gasteiger partial charge in [-0.3, -0.25) is 4.90 Å². The second-order valence-electron chi connectivity index (χ2n) is 5.13. The number of piperidine rings is 1. The minimum Gasteiger partial charge on any atom is -0.493 e. The van der Waals surface area contributed by atoms with Crippen LogP contribution in [0.1, 0.15) is 13.3 Å². The Hall–Kier alpha value is -1.26. The molecule has 2 unspecified atom stereocenters. The molecule has 0 radical (unpaired) electrons. The number of para-hydroxylation sites is 2. The normalized spacial score (nSPS) is 24.2. The Balaban J connectivity index is 1.77. The molecule has 0 bridgehead atoms. The van der Waals surface area contributed by atoms with Crippen LogP contribution >= 0.6 is 0 Å². The third-order valence-corrected chi connectivity index (χ3v) is 3.68. The van der Waals surface area contributed by atoms with Gasteiger partial charge in [-0.2, -0.15) is 0 Å². The van der Waals surface area contributed by atoms with Gasteiger partial charge in [0.25, 0.3) is 0 Å². The van der Waals surface area contributed by atoms with Gasteiger partial charge in [-0.05, 0) is 24.5 Å². The van der Waals surface area contributed by atoms with Crippen molar-refractivity contribution >= 4 is 0 Å². The molecule has 0 amide bonds. The van der Waals surface area contributed by atoms with Crippen molar-refractivity contribution in [2.75, 3.05) is 33.4 Å². The number of aliphatic hydroxyl groups excluding tert-OH is 1. The van der Waals surface area contributed by atoms with Gasteiger partial charge >= 0.3 is 0 Å². The molecular weight excluding hydrogens is 242 g/mol. The molecule has 1 aliphatic rings. The molecule has 4 heteroatoms. The summed E-state index contributed by atoms with van der Waals surface area (Å²) in [6, 6.07) is 7.69. The Labute approximate surface area is 114 Å². The first-order valence-corrected chi connectivity index (χ1v) is 6.87. The highest BCUT2D eigenvalue weighted by molar-refractivity contribution is 5.39. The van der Waals surface area contributed by atoms with Gasteiger partial charge in [-0.15, -0.1) is 0 Å². The topological polar surface area (TPSA) is 41.9 Å². The van der Waals surface area contributed by atoms with Crippen molar-refractivity contribution in [2.45, 2.75) is 19.4 Å². The summed E-state index contributed by atoms with van der Waals surface area (Å²) in [6.45, 7) is 5.51. The molecule has 1 fully saturated rings. The third-order valence-electron chi connectivity index (χ3n) is 3.68. The van der Waals surface area contributed by atoms with Gasteiger partial charge in [0.05, 0.1) is 13.2 Å². The van der Waals surface area contributed by atoms with Crippen molar-refractivity contribution in [3.63, 3.8) is 0 Å². The first-order chi connectivity index (χ1) is 9.20. The van der Waals surface area contributed by atoms with E-state index < -0.39 is 0 Å². The summed E-state index contributed by atoms with van der Waals surface area (Å²) in [5.41, 5.74) is 0. The fourth-order valence-electron chi connectivity index (χ4n) is 2.45. The van der Waals surface area contributed by atoms with Gasteiger partial charge in [-0.1, -0.05) is 19.1 Å². The van der Waals surface area contributed by atoms with E-state index in [4.69, 9.17) is 9.47 Å². The van der Waals surface area contributed by atoms with E-state index in [2.05, 4.69) is 11.8 Å². The molecule has 1 N–H and O–H groups in total. The Morgan fingerprint density at radius 1 is 1.32 bits per heavy atom. The minimum atomic E-state index is -0.147. The summed E-state index contributed by atoms with van der Waals surface area (Å²) < 4.78 is 11.0. The lowest BCUT2D eigenvalue weighted by Gasteiger charge is -2.34. The number of ether oxygens (including phenoxy) is 2. The number of nitrogens with zero attached hydrogens (tertiary/aromatic N) is 1. The van der Waals surface area contributed by atoms with Crippen LogP contribution < -0.4 is 9.47 Å². The van der Waals surface area contributed by atoms with Gasteiger partial charge in [0.15, 0.2) is 11.5 Å². The zero-order valence-electron chi connectivity index (χ0n) is 11.7. The molecule has 1 aromatic rings. The minimum absolute atomic E-state index is 0.147. The van der Waals surface area contributed by atoms with Gasteiger partial charge in [0.2, 0.25) is 0 Å². The summed E-state index contributed by atoms with van der Waals surface area (Å²) in [7, 11) is 1.65. The molecule has 0 saturated carbocycles. The lowest BCUT2D eigenvalue weighted by atomic mass is 9.97. The second-order valence-corrected chi connectivity index (χ2v) is 5.13. The third kappa shape index (κ3) is 3.85. The Morgan fingerprint density at radius 3 is 2.74 bits per heavy atom. The highest BCUT2D eigenvalue weighted by Crippen LogP contribution is 2.25. The summed E-state index contributed by atoms with van der Waals surface area (Å²) in [5.74, 6) is 1.90. The Morgan fingerprint density at radius 2 is 2.05 bits per heavy atom. The molecule has 1 aliphatic heterocycles. The number of aliphatic hydroxyl groups is 1. The highest BCUT2D eigenvalue weighted by atomic mass is 16.5. The van der Waals surface area contributed by atoms with Crippen molar-refractivity contribution in [2.24, 2.45) is 5.92 Å². The molecule has 106 valence electrons. The number of methoxy groups -OCH3 is 1.